The molecule has 3 aromatic rings. The minimum atomic E-state index is -0.859. The first-order valence-corrected chi connectivity index (χ1v) is 9.22. The van der Waals surface area contributed by atoms with Gasteiger partial charge < -0.3 is 19.5 Å². The molecule has 1 unspecified atom stereocenters. The van der Waals surface area contributed by atoms with Gasteiger partial charge in [0.25, 0.3) is 5.91 Å². The number of carbonyl (C=O) groups is 2. The number of hydrogen-bond acceptors (Lipinski definition) is 7. The first kappa shape index (κ1) is 19.5. The minimum Gasteiger partial charge on any atom is -0.494 e. The van der Waals surface area contributed by atoms with Gasteiger partial charge in [0, 0.05) is 36.6 Å². The van der Waals surface area contributed by atoms with Gasteiger partial charge in [-0.25, -0.2) is 4.39 Å². The lowest BCUT2D eigenvalue weighted by atomic mass is 10.1. The second-order valence-electron chi connectivity index (χ2n) is 6.61. The summed E-state index contributed by atoms with van der Waals surface area (Å²) in [5.74, 6) is -0.854. The van der Waals surface area contributed by atoms with Crippen molar-refractivity contribution in [3.63, 3.8) is 0 Å². The monoisotopic (exact) mass is 411 g/mol. The molecule has 10 heteroatoms. The van der Waals surface area contributed by atoms with E-state index in [4.69, 9.17) is 9.26 Å². The third-order valence-corrected chi connectivity index (χ3v) is 4.76. The largest absolute Gasteiger partial charge is 0.494 e. The van der Waals surface area contributed by atoms with Crippen molar-refractivity contribution in [2.24, 2.45) is 0 Å². The van der Waals surface area contributed by atoms with Crippen LogP contribution in [0.25, 0.3) is 11.4 Å². The number of pyridine rings is 1. The highest BCUT2D eigenvalue weighted by atomic mass is 19.1. The van der Waals surface area contributed by atoms with Crippen molar-refractivity contribution >= 4 is 11.8 Å². The molecule has 3 heterocycles. The third kappa shape index (κ3) is 3.84. The van der Waals surface area contributed by atoms with Crippen molar-refractivity contribution in [2.45, 2.75) is 12.5 Å². The Morgan fingerprint density at radius 3 is 2.87 bits per heavy atom. The Labute approximate surface area is 170 Å². The van der Waals surface area contributed by atoms with Crippen LogP contribution in [0.1, 0.15) is 16.2 Å². The molecule has 1 saturated heterocycles. The summed E-state index contributed by atoms with van der Waals surface area (Å²) >= 11 is 0. The van der Waals surface area contributed by atoms with E-state index in [1.807, 2.05) is 0 Å². The van der Waals surface area contributed by atoms with Crippen LogP contribution in [0, 0.1) is 5.82 Å². The molecule has 0 bridgehead atoms. The molecule has 2 amide bonds. The Balaban J connectivity index is 1.56. The van der Waals surface area contributed by atoms with E-state index >= 15 is 0 Å². The second kappa shape index (κ2) is 8.27. The number of carbonyl (C=O) groups excluding carboxylic acids is 2. The Hall–Kier alpha value is -3.82. The van der Waals surface area contributed by atoms with Crippen LogP contribution in [0.5, 0.6) is 5.75 Å². The molecule has 1 aliphatic heterocycles. The lowest BCUT2D eigenvalue weighted by Crippen LogP contribution is -2.58. The number of nitrogens with one attached hydrogen (secondary N) is 1. The van der Waals surface area contributed by atoms with Crippen LogP contribution in [0.4, 0.5) is 4.39 Å². The van der Waals surface area contributed by atoms with E-state index in [1.165, 1.54) is 24.1 Å². The maximum atomic E-state index is 14.0. The van der Waals surface area contributed by atoms with E-state index < -0.39 is 17.8 Å². The van der Waals surface area contributed by atoms with Gasteiger partial charge in [0.15, 0.2) is 11.6 Å². The summed E-state index contributed by atoms with van der Waals surface area (Å²) in [5, 5.41) is 6.65. The molecule has 30 heavy (non-hydrogen) atoms. The third-order valence-electron chi connectivity index (χ3n) is 4.76. The van der Waals surface area contributed by atoms with Gasteiger partial charge in [0.2, 0.25) is 17.6 Å². The van der Waals surface area contributed by atoms with Crippen molar-refractivity contribution in [2.75, 3.05) is 20.2 Å². The Bertz CT molecular complexity index is 1070. The van der Waals surface area contributed by atoms with Gasteiger partial charge >= 0.3 is 0 Å². The van der Waals surface area contributed by atoms with Crippen molar-refractivity contribution in [1.29, 1.82) is 0 Å². The summed E-state index contributed by atoms with van der Waals surface area (Å²) in [6.45, 7) is 0.569. The SMILES string of the molecule is COc1ccc(C(=O)N2CCNC(=O)C2Cc2nc(-c3ccncc3)no2)cc1F. The smallest absolute Gasteiger partial charge is 0.254 e. The van der Waals surface area contributed by atoms with Crippen LogP contribution in [0.3, 0.4) is 0 Å². The maximum absolute atomic E-state index is 14.0. The van der Waals surface area contributed by atoms with E-state index in [-0.39, 0.29) is 36.1 Å². The summed E-state index contributed by atoms with van der Waals surface area (Å²) in [6.07, 6.45) is 3.25. The number of nitrogens with zero attached hydrogens (tertiary/aromatic N) is 4. The average Bonchev–Trinajstić information content (AvgIpc) is 3.24. The number of rotatable bonds is 5. The van der Waals surface area contributed by atoms with Crippen LogP contribution in [0.2, 0.25) is 0 Å². The van der Waals surface area contributed by atoms with E-state index in [1.54, 1.807) is 24.5 Å². The van der Waals surface area contributed by atoms with Crippen molar-refractivity contribution in [1.82, 2.24) is 25.3 Å². The highest BCUT2D eigenvalue weighted by Crippen LogP contribution is 2.21. The number of benzene rings is 1. The number of hydrogen-bond donors (Lipinski definition) is 1. The molecule has 1 aromatic carbocycles. The van der Waals surface area contributed by atoms with Crippen molar-refractivity contribution in [3.8, 4) is 17.1 Å². The minimum absolute atomic E-state index is 0.0360. The molecule has 0 spiro atoms. The highest BCUT2D eigenvalue weighted by Gasteiger charge is 2.35. The summed E-state index contributed by atoms with van der Waals surface area (Å²) in [5.41, 5.74) is 0.839. The fourth-order valence-electron chi connectivity index (χ4n) is 3.25. The zero-order chi connectivity index (χ0) is 21.1. The molecule has 1 aliphatic rings. The topological polar surface area (TPSA) is 110 Å². The normalized spacial score (nSPS) is 16.3. The molecular formula is C20H18FN5O4. The zero-order valence-electron chi connectivity index (χ0n) is 16.0. The molecule has 1 N–H and O–H groups in total. The fourth-order valence-corrected chi connectivity index (χ4v) is 3.25. The molecule has 1 fully saturated rings. The second-order valence-corrected chi connectivity index (χ2v) is 6.61. The predicted octanol–water partition coefficient (Wildman–Crippen LogP) is 1.46. The predicted molar refractivity (Wildman–Crippen MR) is 102 cm³/mol. The van der Waals surface area contributed by atoms with E-state index in [9.17, 15) is 14.0 Å². The molecule has 0 aliphatic carbocycles. The number of ether oxygens (including phenoxy) is 1. The zero-order valence-corrected chi connectivity index (χ0v) is 16.0. The number of aromatic nitrogens is 3. The standard InChI is InChI=1S/C20H18FN5O4/c1-29-16-3-2-13(10-14(16)21)20(28)26-9-8-23-19(27)15(26)11-17-24-18(25-30-17)12-4-6-22-7-5-12/h2-7,10,15H,8-9,11H2,1H3,(H,23,27). The van der Waals surface area contributed by atoms with Gasteiger partial charge in [0.1, 0.15) is 6.04 Å². The molecule has 4 rings (SSSR count). The number of methoxy groups -OCH3 is 1. The summed E-state index contributed by atoms with van der Waals surface area (Å²) in [7, 11) is 1.34. The van der Waals surface area contributed by atoms with E-state index in [2.05, 4.69) is 20.4 Å². The molecule has 0 radical (unpaired) electrons. The first-order chi connectivity index (χ1) is 14.6. The number of amides is 2. The van der Waals surface area contributed by atoms with Gasteiger partial charge in [-0.1, -0.05) is 5.16 Å². The van der Waals surface area contributed by atoms with Crippen LogP contribution in [0.15, 0.2) is 47.2 Å². The molecule has 154 valence electrons. The van der Waals surface area contributed by atoms with Gasteiger partial charge in [-0.15, -0.1) is 0 Å². The maximum Gasteiger partial charge on any atom is 0.254 e. The van der Waals surface area contributed by atoms with Crippen LogP contribution >= 0.6 is 0 Å². The molecule has 1 atom stereocenters. The van der Waals surface area contributed by atoms with E-state index in [0.717, 1.165) is 11.6 Å². The fraction of sp³-hybridized carbons (Fsp3) is 0.250. The molecule has 9 nitrogen and oxygen atoms in total. The summed E-state index contributed by atoms with van der Waals surface area (Å²) in [6, 6.07) is 6.54. The van der Waals surface area contributed by atoms with Gasteiger partial charge in [-0.2, -0.15) is 4.98 Å². The number of halogens is 1. The van der Waals surface area contributed by atoms with Crippen LogP contribution in [-0.2, 0) is 11.2 Å². The molecule has 0 saturated carbocycles. The molecular weight excluding hydrogens is 393 g/mol. The Morgan fingerprint density at radius 2 is 2.13 bits per heavy atom. The van der Waals surface area contributed by atoms with Gasteiger partial charge in [-0.3, -0.25) is 14.6 Å². The average molecular weight is 411 g/mol. The van der Waals surface area contributed by atoms with Crippen molar-refractivity contribution in [3.05, 3.63) is 60.0 Å². The van der Waals surface area contributed by atoms with Gasteiger partial charge in [0.05, 0.1) is 13.5 Å². The van der Waals surface area contributed by atoms with Gasteiger partial charge in [-0.05, 0) is 30.3 Å². The quantitative estimate of drug-likeness (QED) is 0.677. The number of piperazine rings is 1. The van der Waals surface area contributed by atoms with Crippen LogP contribution in [-0.4, -0.2) is 58.1 Å². The lowest BCUT2D eigenvalue weighted by molar-refractivity contribution is -0.127. The lowest BCUT2D eigenvalue weighted by Gasteiger charge is -2.34. The summed E-state index contributed by atoms with van der Waals surface area (Å²) in [4.78, 5) is 35.1. The van der Waals surface area contributed by atoms with Crippen molar-refractivity contribution < 1.29 is 23.2 Å². The van der Waals surface area contributed by atoms with E-state index in [0.29, 0.717) is 12.4 Å². The first-order valence-electron chi connectivity index (χ1n) is 9.22. The Kier molecular flexibility index (Phi) is 5.38. The Morgan fingerprint density at radius 1 is 1.33 bits per heavy atom. The van der Waals surface area contributed by atoms with Crippen LogP contribution < -0.4 is 10.1 Å². The highest BCUT2D eigenvalue weighted by molar-refractivity contribution is 5.98. The molecule has 2 aromatic heterocycles. The summed E-state index contributed by atoms with van der Waals surface area (Å²) < 4.78 is 24.2.